The van der Waals surface area contributed by atoms with Gasteiger partial charge in [-0.25, -0.2) is 0 Å². The number of Topliss-reactive ketones (excluding diaryl/α,β-unsaturated/α-hetero) is 1. The van der Waals surface area contributed by atoms with Crippen LogP contribution < -0.4 is 14.2 Å². The number of aliphatic hydroxyl groups is 1. The number of carbonyl (C=O) groups excluding carboxylic acids is 2. The number of carbonyl (C=O) groups is 2. The van der Waals surface area contributed by atoms with Gasteiger partial charge in [0.15, 0.2) is 34.4 Å². The molecule has 1 aliphatic heterocycles. The molecule has 4 rings (SSSR count). The van der Waals surface area contributed by atoms with E-state index >= 15 is 0 Å². The molecule has 0 bridgehead atoms. The van der Waals surface area contributed by atoms with Crippen LogP contribution in [0.4, 0.5) is 0 Å². The Morgan fingerprint density at radius 2 is 1.82 bits per heavy atom. The molecule has 1 amide bonds. The van der Waals surface area contributed by atoms with E-state index in [4.69, 9.17) is 23.4 Å². The molecule has 1 atom stereocenters. The maximum atomic E-state index is 13.9. The smallest absolute Gasteiger partial charge is 0.290 e. The predicted octanol–water partition coefficient (Wildman–Crippen LogP) is 5.63. The van der Waals surface area contributed by atoms with Crippen LogP contribution in [0.25, 0.3) is 11.0 Å². The largest absolute Gasteiger partial charge is 0.503 e. The molecule has 1 N–H and O–H groups in total. The first-order valence-electron chi connectivity index (χ1n) is 13.2. The quantitative estimate of drug-likeness (QED) is 0.208. The summed E-state index contributed by atoms with van der Waals surface area (Å²) in [4.78, 5) is 28.6. The highest BCUT2D eigenvalue weighted by Gasteiger charge is 2.44. The zero-order valence-corrected chi connectivity index (χ0v) is 22.8. The molecule has 0 fully saturated rings. The third kappa shape index (κ3) is 5.73. The molecule has 0 aliphatic carbocycles. The van der Waals surface area contributed by atoms with Crippen molar-refractivity contribution in [2.75, 3.05) is 40.6 Å². The number of ketones is 1. The molecule has 0 saturated carbocycles. The monoisotopic (exact) mass is 537 g/mol. The van der Waals surface area contributed by atoms with Crippen molar-refractivity contribution in [1.82, 2.24) is 4.90 Å². The molecule has 0 radical (unpaired) electrons. The minimum absolute atomic E-state index is 0.00265. The molecule has 0 spiro atoms. The predicted molar refractivity (Wildman–Crippen MR) is 146 cm³/mol. The standard InChI is InChI=1S/C30H35NO8/c1-5-7-16-38-21-13-12-19(17-23(21)37-6-2)26-25(28(33)30(34)31(26)14-9-15-35-3)27(32)24-18-20-10-8-11-22(36-4)29(20)39-24/h8,10-13,17-18,26,33H,5-7,9,14-16H2,1-4H3. The molecular weight excluding hydrogens is 502 g/mol. The number of furan rings is 1. The molecular formula is C30H35NO8. The van der Waals surface area contributed by atoms with Gasteiger partial charge >= 0.3 is 0 Å². The number of para-hydroxylation sites is 1. The van der Waals surface area contributed by atoms with E-state index in [-0.39, 0.29) is 17.9 Å². The summed E-state index contributed by atoms with van der Waals surface area (Å²) >= 11 is 0. The van der Waals surface area contributed by atoms with Crippen LogP contribution in [0.2, 0.25) is 0 Å². The summed E-state index contributed by atoms with van der Waals surface area (Å²) in [6, 6.07) is 11.4. The van der Waals surface area contributed by atoms with E-state index < -0.39 is 23.5 Å². The summed E-state index contributed by atoms with van der Waals surface area (Å²) in [6.07, 6.45) is 2.41. The second-order valence-corrected chi connectivity index (χ2v) is 9.17. The lowest BCUT2D eigenvalue weighted by Crippen LogP contribution is -2.32. The number of unbranched alkanes of at least 4 members (excludes halogenated alkanes) is 1. The van der Waals surface area contributed by atoms with Crippen LogP contribution in [-0.4, -0.2) is 62.3 Å². The number of methoxy groups -OCH3 is 2. The Morgan fingerprint density at radius 1 is 1.00 bits per heavy atom. The number of hydrogen-bond donors (Lipinski definition) is 1. The van der Waals surface area contributed by atoms with Gasteiger partial charge in [-0.05, 0) is 49.6 Å². The summed E-state index contributed by atoms with van der Waals surface area (Å²) in [5.41, 5.74) is 0.958. The number of nitrogens with zero attached hydrogens (tertiary/aromatic N) is 1. The van der Waals surface area contributed by atoms with Crippen LogP contribution in [0, 0.1) is 0 Å². The first-order valence-corrected chi connectivity index (χ1v) is 13.2. The first-order chi connectivity index (χ1) is 18.9. The normalized spacial score (nSPS) is 15.3. The molecule has 1 unspecified atom stereocenters. The van der Waals surface area contributed by atoms with Gasteiger partial charge in [0, 0.05) is 25.6 Å². The maximum absolute atomic E-state index is 13.9. The molecule has 9 nitrogen and oxygen atoms in total. The van der Waals surface area contributed by atoms with Crippen LogP contribution in [0.1, 0.15) is 55.3 Å². The summed E-state index contributed by atoms with van der Waals surface area (Å²) in [5, 5.41) is 11.7. The molecule has 2 heterocycles. The number of fused-ring (bicyclic) bond motifs is 1. The van der Waals surface area contributed by atoms with Crippen LogP contribution in [0.15, 0.2) is 58.2 Å². The van der Waals surface area contributed by atoms with Crippen molar-refractivity contribution in [2.45, 2.75) is 39.2 Å². The fourth-order valence-electron chi connectivity index (χ4n) is 4.69. The van der Waals surface area contributed by atoms with Gasteiger partial charge in [-0.3, -0.25) is 9.59 Å². The van der Waals surface area contributed by atoms with E-state index in [0.29, 0.717) is 60.0 Å². The van der Waals surface area contributed by atoms with E-state index in [1.54, 1.807) is 49.6 Å². The Labute approximate surface area is 227 Å². The maximum Gasteiger partial charge on any atom is 0.290 e. The lowest BCUT2D eigenvalue weighted by Gasteiger charge is -2.27. The van der Waals surface area contributed by atoms with Gasteiger partial charge in [0.1, 0.15) is 0 Å². The Morgan fingerprint density at radius 3 is 2.54 bits per heavy atom. The van der Waals surface area contributed by atoms with Gasteiger partial charge in [0.2, 0.25) is 5.78 Å². The lowest BCUT2D eigenvalue weighted by molar-refractivity contribution is -0.129. The number of hydrogen-bond acceptors (Lipinski definition) is 8. The Kier molecular flexibility index (Phi) is 9.14. The Bertz CT molecular complexity index is 1360. The number of benzene rings is 2. The van der Waals surface area contributed by atoms with Gasteiger partial charge in [0.25, 0.3) is 5.91 Å². The minimum Gasteiger partial charge on any atom is -0.503 e. The fourth-order valence-corrected chi connectivity index (χ4v) is 4.69. The Balaban J connectivity index is 1.77. The van der Waals surface area contributed by atoms with E-state index in [0.717, 1.165) is 12.8 Å². The van der Waals surface area contributed by atoms with Gasteiger partial charge in [-0.1, -0.05) is 31.5 Å². The van der Waals surface area contributed by atoms with Gasteiger partial charge in [0.05, 0.1) is 31.9 Å². The summed E-state index contributed by atoms with van der Waals surface area (Å²) in [7, 11) is 3.09. The average Bonchev–Trinajstić information content (AvgIpc) is 3.49. The van der Waals surface area contributed by atoms with Crippen LogP contribution >= 0.6 is 0 Å². The summed E-state index contributed by atoms with van der Waals surface area (Å²) in [5.74, 6) is -0.260. The number of aliphatic hydroxyl groups excluding tert-OH is 1. The molecule has 9 heteroatoms. The van der Waals surface area contributed by atoms with E-state index in [2.05, 4.69) is 6.92 Å². The van der Waals surface area contributed by atoms with Crippen molar-refractivity contribution in [1.29, 1.82) is 0 Å². The summed E-state index contributed by atoms with van der Waals surface area (Å²) < 4.78 is 28.2. The molecule has 208 valence electrons. The zero-order valence-electron chi connectivity index (χ0n) is 22.8. The van der Waals surface area contributed by atoms with Crippen molar-refractivity contribution in [3.8, 4) is 17.2 Å². The highest BCUT2D eigenvalue weighted by atomic mass is 16.5. The first kappa shape index (κ1) is 28.0. The molecule has 3 aromatic rings. The molecule has 1 aromatic heterocycles. The second kappa shape index (κ2) is 12.7. The van der Waals surface area contributed by atoms with Gasteiger partial charge in [-0.2, -0.15) is 0 Å². The molecule has 39 heavy (non-hydrogen) atoms. The van der Waals surface area contributed by atoms with Crippen molar-refractivity contribution in [2.24, 2.45) is 0 Å². The number of amides is 1. The van der Waals surface area contributed by atoms with Crippen molar-refractivity contribution in [3.05, 3.63) is 65.1 Å². The fraction of sp³-hybridized carbons (Fsp3) is 0.400. The third-order valence-corrected chi connectivity index (χ3v) is 6.59. The van der Waals surface area contributed by atoms with Crippen molar-refractivity contribution < 1.29 is 38.1 Å². The van der Waals surface area contributed by atoms with Crippen LogP contribution in [0.3, 0.4) is 0 Å². The average molecular weight is 538 g/mol. The molecule has 2 aromatic carbocycles. The van der Waals surface area contributed by atoms with E-state index in [9.17, 15) is 14.7 Å². The van der Waals surface area contributed by atoms with Gasteiger partial charge in [-0.15, -0.1) is 0 Å². The van der Waals surface area contributed by atoms with E-state index in [1.807, 2.05) is 6.92 Å². The van der Waals surface area contributed by atoms with Crippen LogP contribution in [0.5, 0.6) is 17.2 Å². The van der Waals surface area contributed by atoms with Gasteiger partial charge < -0.3 is 33.4 Å². The molecule has 0 saturated heterocycles. The van der Waals surface area contributed by atoms with Crippen molar-refractivity contribution in [3.63, 3.8) is 0 Å². The van der Waals surface area contributed by atoms with E-state index in [1.165, 1.54) is 12.0 Å². The number of ether oxygens (including phenoxy) is 4. The number of rotatable bonds is 14. The minimum atomic E-state index is -0.860. The summed E-state index contributed by atoms with van der Waals surface area (Å²) in [6.45, 7) is 5.59. The highest BCUT2D eigenvalue weighted by Crippen LogP contribution is 2.42. The highest BCUT2D eigenvalue weighted by molar-refractivity contribution is 6.16. The molecule has 1 aliphatic rings. The topological polar surface area (TPSA) is 108 Å². The SMILES string of the molecule is CCCCOc1ccc(C2C(C(=O)c3cc4cccc(OC)c4o3)=C(O)C(=O)N2CCCOC)cc1OCC. The lowest BCUT2D eigenvalue weighted by atomic mass is 9.94. The zero-order chi connectivity index (χ0) is 27.9. The second-order valence-electron chi connectivity index (χ2n) is 9.17. The van der Waals surface area contributed by atoms with Crippen LogP contribution in [-0.2, 0) is 9.53 Å². The third-order valence-electron chi connectivity index (χ3n) is 6.59. The van der Waals surface area contributed by atoms with Crippen molar-refractivity contribution >= 4 is 22.7 Å². The Hall–Kier alpha value is -3.98.